The van der Waals surface area contributed by atoms with Crippen LogP contribution in [0.15, 0.2) is 72.9 Å². The van der Waals surface area contributed by atoms with Gasteiger partial charge in [-0.25, -0.2) is 9.97 Å². The highest BCUT2D eigenvalue weighted by Crippen LogP contribution is 2.38. The molecule has 3 nitrogen and oxygen atoms in total. The van der Waals surface area contributed by atoms with Crippen LogP contribution in [0.25, 0.3) is 43.8 Å². The van der Waals surface area contributed by atoms with Crippen molar-refractivity contribution in [2.45, 2.75) is 0 Å². The third kappa shape index (κ3) is 2.17. The van der Waals surface area contributed by atoms with Gasteiger partial charge < -0.3 is 0 Å². The molecule has 0 aliphatic carbocycles. The van der Waals surface area contributed by atoms with E-state index in [2.05, 4.69) is 45.3 Å². The van der Waals surface area contributed by atoms with Gasteiger partial charge in [0.1, 0.15) is 5.69 Å². The highest BCUT2D eigenvalue weighted by atomic mass is 35.5. The summed E-state index contributed by atoms with van der Waals surface area (Å²) in [5.74, 6) is 0. The second-order valence-electron chi connectivity index (χ2n) is 5.87. The molecule has 0 bridgehead atoms. The maximum Gasteiger partial charge on any atom is 0.223 e. The van der Waals surface area contributed by atoms with Crippen LogP contribution in [0.3, 0.4) is 0 Å². The highest BCUT2D eigenvalue weighted by Gasteiger charge is 2.16. The van der Waals surface area contributed by atoms with Crippen molar-refractivity contribution in [3.05, 3.63) is 78.2 Å². The molecule has 0 fully saturated rings. The Bertz CT molecular complexity index is 1250. The van der Waals surface area contributed by atoms with E-state index >= 15 is 0 Å². The lowest BCUT2D eigenvalue weighted by atomic mass is 9.95. The van der Waals surface area contributed by atoms with E-state index in [0.29, 0.717) is 0 Å². The average Bonchev–Trinajstić information content (AvgIpc) is 2.68. The summed E-state index contributed by atoms with van der Waals surface area (Å²) in [6, 6.07) is 22.4. The molecular weight excluding hydrogens is 330 g/mol. The molecule has 0 spiro atoms. The summed E-state index contributed by atoms with van der Waals surface area (Å²) in [7, 11) is 0. The molecule has 5 aromatic rings. The first-order valence-corrected chi connectivity index (χ1v) is 8.39. The minimum atomic E-state index is 0.230. The average molecular weight is 342 g/mol. The van der Waals surface area contributed by atoms with Gasteiger partial charge in [0.25, 0.3) is 0 Å². The van der Waals surface area contributed by atoms with E-state index in [-0.39, 0.29) is 5.28 Å². The second kappa shape index (κ2) is 5.50. The molecule has 0 saturated carbocycles. The molecule has 2 aromatic heterocycles. The fourth-order valence-electron chi connectivity index (χ4n) is 3.43. The van der Waals surface area contributed by atoms with Gasteiger partial charge in [-0.3, -0.25) is 4.98 Å². The molecule has 4 heteroatoms. The van der Waals surface area contributed by atoms with Gasteiger partial charge in [0.05, 0.1) is 11.2 Å². The van der Waals surface area contributed by atoms with Gasteiger partial charge in [0.2, 0.25) is 5.28 Å². The van der Waals surface area contributed by atoms with Gasteiger partial charge in [-0.15, -0.1) is 0 Å². The molecule has 0 unspecified atom stereocenters. The van der Waals surface area contributed by atoms with Crippen molar-refractivity contribution >= 4 is 44.0 Å². The van der Waals surface area contributed by atoms with Crippen molar-refractivity contribution < 1.29 is 0 Å². The quantitative estimate of drug-likeness (QED) is 0.292. The molecule has 0 saturated heterocycles. The van der Waals surface area contributed by atoms with Crippen molar-refractivity contribution in [1.82, 2.24) is 15.0 Å². The van der Waals surface area contributed by atoms with Crippen LogP contribution >= 0.6 is 11.6 Å². The van der Waals surface area contributed by atoms with Crippen LogP contribution in [0.2, 0.25) is 5.28 Å². The zero-order valence-electron chi connectivity index (χ0n) is 13.1. The summed E-state index contributed by atoms with van der Waals surface area (Å²) in [5, 5.41) is 5.72. The number of rotatable bonds is 1. The van der Waals surface area contributed by atoms with Crippen LogP contribution < -0.4 is 0 Å². The Morgan fingerprint density at radius 1 is 0.640 bits per heavy atom. The number of hydrogen-bond acceptors (Lipinski definition) is 3. The van der Waals surface area contributed by atoms with Crippen molar-refractivity contribution in [1.29, 1.82) is 0 Å². The molecule has 3 aromatic carbocycles. The smallest absolute Gasteiger partial charge is 0.223 e. The Hall–Kier alpha value is -3.04. The van der Waals surface area contributed by atoms with Gasteiger partial charge in [-0.2, -0.15) is 0 Å². The predicted molar refractivity (Wildman–Crippen MR) is 103 cm³/mol. The Kier molecular flexibility index (Phi) is 3.15. The number of hydrogen-bond donors (Lipinski definition) is 0. The topological polar surface area (TPSA) is 38.7 Å². The summed E-state index contributed by atoms with van der Waals surface area (Å²) in [5.41, 5.74) is 2.41. The van der Waals surface area contributed by atoms with Crippen molar-refractivity contribution in [2.75, 3.05) is 0 Å². The molecule has 0 amide bonds. The normalized spacial score (nSPS) is 11.4. The molecule has 118 valence electrons. The third-order valence-corrected chi connectivity index (χ3v) is 4.63. The van der Waals surface area contributed by atoms with E-state index in [0.717, 1.165) is 38.4 Å². The van der Waals surface area contributed by atoms with E-state index in [1.807, 2.05) is 36.4 Å². The van der Waals surface area contributed by atoms with E-state index in [4.69, 9.17) is 11.6 Å². The first kappa shape index (κ1) is 14.3. The number of pyridine rings is 1. The second-order valence-corrected chi connectivity index (χ2v) is 6.21. The first-order chi connectivity index (χ1) is 12.3. The third-order valence-electron chi connectivity index (χ3n) is 4.46. The van der Waals surface area contributed by atoms with Crippen LogP contribution in [-0.2, 0) is 0 Å². The Balaban J connectivity index is 2.11. The molecule has 0 atom stereocenters. The Morgan fingerprint density at radius 2 is 1.28 bits per heavy atom. The maximum absolute atomic E-state index is 6.28. The van der Waals surface area contributed by atoms with Crippen molar-refractivity contribution in [2.24, 2.45) is 0 Å². The first-order valence-electron chi connectivity index (χ1n) is 8.01. The number of benzene rings is 3. The van der Waals surface area contributed by atoms with Crippen LogP contribution in [0.1, 0.15) is 0 Å². The number of fused-ring (bicyclic) bond motifs is 6. The van der Waals surface area contributed by atoms with Gasteiger partial charge in [0, 0.05) is 17.0 Å². The molecule has 0 aliphatic rings. The molecule has 0 aliphatic heterocycles. The number of nitrogens with zero attached hydrogens (tertiary/aromatic N) is 3. The van der Waals surface area contributed by atoms with Crippen LogP contribution in [0.5, 0.6) is 0 Å². The van der Waals surface area contributed by atoms with E-state index < -0.39 is 0 Å². The van der Waals surface area contributed by atoms with Gasteiger partial charge >= 0.3 is 0 Å². The molecule has 2 heterocycles. The van der Waals surface area contributed by atoms with Crippen LogP contribution in [0, 0.1) is 0 Å². The fraction of sp³-hybridized carbons (Fsp3) is 0. The van der Waals surface area contributed by atoms with Crippen LogP contribution in [0.4, 0.5) is 0 Å². The van der Waals surface area contributed by atoms with E-state index in [9.17, 15) is 0 Å². The molecule has 25 heavy (non-hydrogen) atoms. The maximum atomic E-state index is 6.28. The van der Waals surface area contributed by atoms with E-state index in [1.54, 1.807) is 6.20 Å². The van der Waals surface area contributed by atoms with Gasteiger partial charge in [0.15, 0.2) is 0 Å². The van der Waals surface area contributed by atoms with Gasteiger partial charge in [-0.1, -0.05) is 54.6 Å². The largest absolute Gasteiger partial charge is 0.255 e. The van der Waals surface area contributed by atoms with E-state index in [1.165, 1.54) is 5.39 Å². The monoisotopic (exact) mass is 341 g/mol. The van der Waals surface area contributed by atoms with Crippen molar-refractivity contribution in [3.8, 4) is 11.4 Å². The minimum Gasteiger partial charge on any atom is -0.255 e. The van der Waals surface area contributed by atoms with Crippen LogP contribution in [-0.4, -0.2) is 15.0 Å². The SMILES string of the molecule is Clc1nc(-c2ccccn2)c2c3ccccc3c3ccccc3c2n1. The summed E-state index contributed by atoms with van der Waals surface area (Å²) in [6.07, 6.45) is 1.76. The van der Waals surface area contributed by atoms with Crippen molar-refractivity contribution in [3.63, 3.8) is 0 Å². The molecular formula is C21H12ClN3. The Labute approximate surface area is 148 Å². The summed E-state index contributed by atoms with van der Waals surface area (Å²) >= 11 is 6.28. The molecule has 0 radical (unpaired) electrons. The minimum absolute atomic E-state index is 0.230. The lowest BCUT2D eigenvalue weighted by molar-refractivity contribution is 1.20. The molecule has 0 N–H and O–H groups in total. The lowest BCUT2D eigenvalue weighted by Crippen LogP contribution is -1.95. The zero-order valence-corrected chi connectivity index (χ0v) is 13.9. The number of halogens is 1. The molecule has 5 rings (SSSR count). The fourth-order valence-corrected chi connectivity index (χ4v) is 3.60. The predicted octanol–water partition coefficient (Wildman–Crippen LogP) is 5.65. The summed E-state index contributed by atoms with van der Waals surface area (Å²) < 4.78 is 0. The summed E-state index contributed by atoms with van der Waals surface area (Å²) in [4.78, 5) is 13.6. The zero-order chi connectivity index (χ0) is 16.8. The van der Waals surface area contributed by atoms with Gasteiger partial charge in [-0.05, 0) is 39.9 Å². The lowest BCUT2D eigenvalue weighted by Gasteiger charge is -2.12. The summed E-state index contributed by atoms with van der Waals surface area (Å²) in [6.45, 7) is 0. The number of aromatic nitrogens is 3. The Morgan fingerprint density at radius 3 is 2.00 bits per heavy atom. The standard InChI is InChI=1S/C21H12ClN3/c22-21-24-19-16-10-4-2-8-14(16)13-7-1-3-9-15(13)18(19)20(25-21)17-11-5-6-12-23-17/h1-12H. The highest BCUT2D eigenvalue weighted by molar-refractivity contribution is 6.31.